The number of rotatable bonds is 8. The van der Waals surface area contributed by atoms with Crippen molar-refractivity contribution < 1.29 is 19.4 Å². The molecule has 1 fully saturated rings. The van der Waals surface area contributed by atoms with E-state index in [4.69, 9.17) is 0 Å². The molecule has 1 N–H and O–H groups in total. The lowest BCUT2D eigenvalue weighted by Gasteiger charge is -2.37. The molecule has 3 rings (SSSR count). The van der Waals surface area contributed by atoms with E-state index in [0.29, 0.717) is 44.2 Å². The number of non-ortho nitro benzene ring substituents is 2. The van der Waals surface area contributed by atoms with E-state index in [1.54, 1.807) is 12.1 Å². The SMILES string of the molecule is CC(CC(=O)N1CCN(c2ccc(NC(=O)c3cc([N+](=O)[O-])cc([N+](=O)[O-])c3)cc2)CC1)CC(C)(C)C. The van der Waals surface area contributed by atoms with Crippen LogP contribution in [0.1, 0.15) is 50.9 Å². The van der Waals surface area contributed by atoms with Crippen LogP contribution < -0.4 is 10.2 Å². The quantitative estimate of drug-likeness (QED) is 0.394. The minimum atomic E-state index is -0.779. The van der Waals surface area contributed by atoms with Crippen LogP contribution in [0.15, 0.2) is 42.5 Å². The van der Waals surface area contributed by atoms with E-state index in [1.165, 1.54) is 0 Å². The summed E-state index contributed by atoms with van der Waals surface area (Å²) < 4.78 is 0. The molecule has 2 amide bonds. The number of hydrogen-bond donors (Lipinski definition) is 1. The summed E-state index contributed by atoms with van der Waals surface area (Å²) >= 11 is 0. The average Bonchev–Trinajstić information content (AvgIpc) is 2.83. The van der Waals surface area contributed by atoms with Gasteiger partial charge in [-0.1, -0.05) is 27.7 Å². The second kappa shape index (κ2) is 11.4. The molecule has 0 aromatic heterocycles. The molecule has 1 heterocycles. The number of benzene rings is 2. The molecule has 0 saturated carbocycles. The zero-order chi connectivity index (χ0) is 27.3. The molecule has 198 valence electrons. The highest BCUT2D eigenvalue weighted by molar-refractivity contribution is 6.05. The van der Waals surface area contributed by atoms with Gasteiger partial charge in [-0.25, -0.2) is 0 Å². The Morgan fingerprint density at radius 1 is 0.946 bits per heavy atom. The average molecular weight is 512 g/mol. The Labute approximate surface area is 215 Å². The van der Waals surface area contributed by atoms with Crippen molar-refractivity contribution in [2.75, 3.05) is 36.4 Å². The molecule has 11 heteroatoms. The first-order valence-corrected chi connectivity index (χ1v) is 12.2. The third-order valence-corrected chi connectivity index (χ3v) is 6.19. The summed E-state index contributed by atoms with van der Waals surface area (Å²) in [7, 11) is 0. The maximum atomic E-state index is 12.7. The maximum Gasteiger partial charge on any atom is 0.277 e. The summed E-state index contributed by atoms with van der Waals surface area (Å²) in [4.78, 5) is 50.0. The molecular formula is C26H33N5O6. The van der Waals surface area contributed by atoms with E-state index in [1.807, 2.05) is 17.0 Å². The summed E-state index contributed by atoms with van der Waals surface area (Å²) in [6, 6.07) is 9.90. The van der Waals surface area contributed by atoms with Crippen LogP contribution >= 0.6 is 0 Å². The Kier molecular flexibility index (Phi) is 8.46. The fourth-order valence-corrected chi connectivity index (χ4v) is 4.65. The highest BCUT2D eigenvalue weighted by Crippen LogP contribution is 2.27. The van der Waals surface area contributed by atoms with Gasteiger partial charge in [-0.15, -0.1) is 0 Å². The zero-order valence-corrected chi connectivity index (χ0v) is 21.6. The third-order valence-electron chi connectivity index (χ3n) is 6.19. The van der Waals surface area contributed by atoms with Crippen LogP contribution in [0.3, 0.4) is 0 Å². The zero-order valence-electron chi connectivity index (χ0n) is 21.6. The van der Waals surface area contributed by atoms with Gasteiger partial charge in [0, 0.05) is 56.1 Å². The number of nitrogens with one attached hydrogen (secondary N) is 1. The molecule has 11 nitrogen and oxygen atoms in total. The molecule has 0 aliphatic carbocycles. The van der Waals surface area contributed by atoms with Crippen LogP contribution in [0.5, 0.6) is 0 Å². The lowest BCUT2D eigenvalue weighted by atomic mass is 9.84. The first-order valence-electron chi connectivity index (χ1n) is 12.2. The van der Waals surface area contributed by atoms with Crippen molar-refractivity contribution >= 4 is 34.6 Å². The standard InChI is InChI=1S/C26H33N5O6/c1-18(17-26(2,3)4)13-24(32)29-11-9-28(10-12-29)21-7-5-20(6-8-21)27-25(33)19-14-22(30(34)35)16-23(15-19)31(36)37/h5-8,14-16,18H,9-13,17H2,1-4H3,(H,27,33). The number of carbonyl (C=O) groups is 2. The Hall–Kier alpha value is -4.02. The van der Waals surface area contributed by atoms with E-state index in [0.717, 1.165) is 30.3 Å². The van der Waals surface area contributed by atoms with E-state index in [2.05, 4.69) is 37.9 Å². The highest BCUT2D eigenvalue weighted by Gasteiger charge is 2.25. The van der Waals surface area contributed by atoms with Crippen LogP contribution in [-0.4, -0.2) is 52.7 Å². The Morgan fingerprint density at radius 2 is 1.49 bits per heavy atom. The Balaban J connectivity index is 1.57. The van der Waals surface area contributed by atoms with Crippen LogP contribution in [0, 0.1) is 31.6 Å². The van der Waals surface area contributed by atoms with Gasteiger partial charge in [0.15, 0.2) is 0 Å². The van der Waals surface area contributed by atoms with Gasteiger partial charge in [0.2, 0.25) is 5.91 Å². The van der Waals surface area contributed by atoms with Crippen molar-refractivity contribution in [2.45, 2.75) is 40.5 Å². The summed E-state index contributed by atoms with van der Waals surface area (Å²) in [6.45, 7) is 11.4. The van der Waals surface area contributed by atoms with Crippen LogP contribution in [0.2, 0.25) is 0 Å². The predicted molar refractivity (Wildman–Crippen MR) is 141 cm³/mol. The van der Waals surface area contributed by atoms with Gasteiger partial charge in [-0.05, 0) is 42.0 Å². The first kappa shape index (κ1) is 27.6. The summed E-state index contributed by atoms with van der Waals surface area (Å²) in [5.74, 6) is -0.162. The lowest BCUT2D eigenvalue weighted by Crippen LogP contribution is -2.49. The second-order valence-electron chi connectivity index (χ2n) is 10.7. The molecule has 1 saturated heterocycles. The van der Waals surface area contributed by atoms with Crippen molar-refractivity contribution in [3.63, 3.8) is 0 Å². The van der Waals surface area contributed by atoms with Crippen molar-refractivity contribution in [3.8, 4) is 0 Å². The molecule has 0 spiro atoms. The van der Waals surface area contributed by atoms with E-state index < -0.39 is 27.1 Å². The largest absolute Gasteiger partial charge is 0.368 e. The summed E-state index contributed by atoms with van der Waals surface area (Å²) in [5.41, 5.74) is 0.345. The Bertz CT molecular complexity index is 1130. The number of nitro groups is 2. The number of anilines is 2. The topological polar surface area (TPSA) is 139 Å². The number of hydrogen-bond acceptors (Lipinski definition) is 7. The van der Waals surface area contributed by atoms with Crippen LogP contribution in [0.25, 0.3) is 0 Å². The molecule has 37 heavy (non-hydrogen) atoms. The van der Waals surface area contributed by atoms with Gasteiger partial charge in [-0.3, -0.25) is 29.8 Å². The van der Waals surface area contributed by atoms with Crippen molar-refractivity contribution in [3.05, 3.63) is 68.3 Å². The number of carbonyl (C=O) groups excluding carboxylic acids is 2. The lowest BCUT2D eigenvalue weighted by molar-refractivity contribution is -0.394. The van der Waals surface area contributed by atoms with Crippen molar-refractivity contribution in [1.82, 2.24) is 4.90 Å². The molecule has 1 aliphatic rings. The molecule has 1 atom stereocenters. The molecule has 1 unspecified atom stereocenters. The van der Waals surface area contributed by atoms with Crippen molar-refractivity contribution in [1.29, 1.82) is 0 Å². The number of nitrogens with zero attached hydrogens (tertiary/aromatic N) is 4. The maximum absolute atomic E-state index is 12.7. The van der Waals surface area contributed by atoms with E-state index >= 15 is 0 Å². The van der Waals surface area contributed by atoms with Gasteiger partial charge < -0.3 is 15.1 Å². The molecule has 2 aromatic carbocycles. The van der Waals surface area contributed by atoms with E-state index in [9.17, 15) is 29.8 Å². The third kappa shape index (κ3) is 7.73. The molecule has 2 aromatic rings. The first-order chi connectivity index (χ1) is 17.3. The fraction of sp³-hybridized carbons (Fsp3) is 0.462. The molecule has 0 radical (unpaired) electrons. The molecular weight excluding hydrogens is 478 g/mol. The van der Waals surface area contributed by atoms with Gasteiger partial charge >= 0.3 is 0 Å². The molecule has 1 aliphatic heterocycles. The second-order valence-corrected chi connectivity index (χ2v) is 10.7. The monoisotopic (exact) mass is 511 g/mol. The van der Waals surface area contributed by atoms with E-state index in [-0.39, 0.29) is 16.9 Å². The number of amides is 2. The van der Waals surface area contributed by atoms with Gasteiger partial charge in [-0.2, -0.15) is 0 Å². The normalized spacial score (nSPS) is 14.7. The van der Waals surface area contributed by atoms with Crippen LogP contribution in [-0.2, 0) is 4.79 Å². The minimum absolute atomic E-state index is 0.178. The van der Waals surface area contributed by atoms with Crippen LogP contribution in [0.4, 0.5) is 22.7 Å². The smallest absolute Gasteiger partial charge is 0.277 e. The number of nitro benzene ring substituents is 2. The van der Waals surface area contributed by atoms with Gasteiger partial charge in [0.05, 0.1) is 21.5 Å². The molecule has 0 bridgehead atoms. The fourth-order valence-electron chi connectivity index (χ4n) is 4.65. The van der Waals surface area contributed by atoms with Gasteiger partial charge in [0.25, 0.3) is 17.3 Å². The van der Waals surface area contributed by atoms with Crippen molar-refractivity contribution in [2.24, 2.45) is 11.3 Å². The Morgan fingerprint density at radius 3 is 1.97 bits per heavy atom. The van der Waals surface area contributed by atoms with Gasteiger partial charge in [0.1, 0.15) is 0 Å². The summed E-state index contributed by atoms with van der Waals surface area (Å²) in [5, 5.41) is 24.8. The predicted octanol–water partition coefficient (Wildman–Crippen LogP) is 4.87. The minimum Gasteiger partial charge on any atom is -0.368 e. The highest BCUT2D eigenvalue weighted by atomic mass is 16.6. The number of piperazine rings is 1. The summed E-state index contributed by atoms with van der Waals surface area (Å²) in [6.07, 6.45) is 1.55.